The molecule has 0 radical (unpaired) electrons. The van der Waals surface area contributed by atoms with Crippen molar-refractivity contribution in [1.29, 1.82) is 0 Å². The zero-order valence-corrected chi connectivity index (χ0v) is 14.8. The second-order valence-corrected chi connectivity index (χ2v) is 5.52. The van der Waals surface area contributed by atoms with E-state index in [-0.39, 0.29) is 0 Å². The summed E-state index contributed by atoms with van der Waals surface area (Å²) < 4.78 is 10.6. The maximum Gasteiger partial charge on any atom is 0.224 e. The molecule has 0 aliphatic carbocycles. The van der Waals surface area contributed by atoms with E-state index in [1.165, 1.54) is 0 Å². The zero-order chi connectivity index (χ0) is 18.2. The molecule has 2 aromatic heterocycles. The molecule has 0 aliphatic rings. The lowest BCUT2D eigenvalue weighted by molar-refractivity contribution is 0.354. The van der Waals surface area contributed by atoms with Crippen LogP contribution in [-0.4, -0.2) is 29.2 Å². The molecule has 0 unspecified atom stereocenters. The Morgan fingerprint density at radius 1 is 0.885 bits per heavy atom. The van der Waals surface area contributed by atoms with Gasteiger partial charge >= 0.3 is 0 Å². The molecule has 134 valence electrons. The van der Waals surface area contributed by atoms with E-state index in [2.05, 4.69) is 25.6 Å². The standard InChI is InChI=1S/C19H21N5O2/c1-25-16-6-5-14(10-17(16)26-2)12-22-18-7-9-21-19(24-18)23-13-15-4-3-8-20-11-15/h3-11H,12-13H2,1-2H3,(H2,21,22,23,24). The van der Waals surface area contributed by atoms with Gasteiger partial charge in [-0.1, -0.05) is 12.1 Å². The average molecular weight is 351 g/mol. The SMILES string of the molecule is COc1ccc(CNc2ccnc(NCc3cccnc3)n2)cc1OC. The highest BCUT2D eigenvalue weighted by Crippen LogP contribution is 2.27. The van der Waals surface area contributed by atoms with Gasteiger partial charge in [-0.25, -0.2) is 4.98 Å². The first-order chi connectivity index (χ1) is 12.8. The molecular formula is C19H21N5O2. The van der Waals surface area contributed by atoms with Crippen LogP contribution >= 0.6 is 0 Å². The molecular weight excluding hydrogens is 330 g/mol. The maximum atomic E-state index is 5.33. The summed E-state index contributed by atoms with van der Waals surface area (Å²) >= 11 is 0. The molecule has 2 heterocycles. The quantitative estimate of drug-likeness (QED) is 0.645. The number of nitrogens with zero attached hydrogens (tertiary/aromatic N) is 3. The van der Waals surface area contributed by atoms with Gasteiger partial charge in [0.15, 0.2) is 11.5 Å². The molecule has 26 heavy (non-hydrogen) atoms. The summed E-state index contributed by atoms with van der Waals surface area (Å²) in [7, 11) is 3.25. The predicted molar refractivity (Wildman–Crippen MR) is 100 cm³/mol. The molecule has 0 bridgehead atoms. The molecule has 0 amide bonds. The van der Waals surface area contributed by atoms with Gasteiger partial charge in [0.05, 0.1) is 14.2 Å². The summed E-state index contributed by atoms with van der Waals surface area (Å²) in [5, 5.41) is 6.48. The molecule has 0 fully saturated rings. The smallest absolute Gasteiger partial charge is 0.224 e. The number of anilines is 2. The molecule has 0 spiro atoms. The average Bonchev–Trinajstić information content (AvgIpc) is 2.71. The summed E-state index contributed by atoms with van der Waals surface area (Å²) in [6, 6.07) is 11.5. The maximum absolute atomic E-state index is 5.33. The minimum absolute atomic E-state index is 0.561. The minimum Gasteiger partial charge on any atom is -0.493 e. The third-order valence-electron chi connectivity index (χ3n) is 3.75. The van der Waals surface area contributed by atoms with Crippen molar-refractivity contribution in [1.82, 2.24) is 15.0 Å². The highest BCUT2D eigenvalue weighted by molar-refractivity contribution is 5.45. The summed E-state index contributed by atoms with van der Waals surface area (Å²) in [6.07, 6.45) is 5.28. The Labute approximate surface area is 152 Å². The van der Waals surface area contributed by atoms with Crippen LogP contribution in [0.25, 0.3) is 0 Å². The van der Waals surface area contributed by atoms with E-state index in [1.54, 1.807) is 26.6 Å². The van der Waals surface area contributed by atoms with Gasteiger partial charge in [0.2, 0.25) is 5.95 Å². The zero-order valence-electron chi connectivity index (χ0n) is 14.8. The number of methoxy groups -OCH3 is 2. The first-order valence-corrected chi connectivity index (χ1v) is 8.19. The van der Waals surface area contributed by atoms with Crippen LogP contribution in [0, 0.1) is 0 Å². The first kappa shape index (κ1) is 17.5. The van der Waals surface area contributed by atoms with Crippen LogP contribution in [0.3, 0.4) is 0 Å². The molecule has 3 rings (SSSR count). The topological polar surface area (TPSA) is 81.2 Å². The van der Waals surface area contributed by atoms with Gasteiger partial charge in [-0.3, -0.25) is 4.98 Å². The number of rotatable bonds is 8. The molecule has 0 atom stereocenters. The van der Waals surface area contributed by atoms with Gasteiger partial charge in [-0.15, -0.1) is 0 Å². The van der Waals surface area contributed by atoms with Crippen molar-refractivity contribution in [2.75, 3.05) is 24.9 Å². The Morgan fingerprint density at radius 2 is 1.73 bits per heavy atom. The Hall–Kier alpha value is -3.35. The van der Waals surface area contributed by atoms with Crippen LogP contribution in [-0.2, 0) is 13.1 Å². The summed E-state index contributed by atoms with van der Waals surface area (Å²) in [5.41, 5.74) is 2.13. The van der Waals surface area contributed by atoms with E-state index in [0.29, 0.717) is 30.5 Å². The van der Waals surface area contributed by atoms with Gasteiger partial charge in [0.1, 0.15) is 5.82 Å². The first-order valence-electron chi connectivity index (χ1n) is 8.19. The van der Waals surface area contributed by atoms with Gasteiger partial charge in [0, 0.05) is 31.7 Å². The number of pyridine rings is 1. The number of nitrogens with one attached hydrogen (secondary N) is 2. The monoisotopic (exact) mass is 351 g/mol. The molecule has 7 nitrogen and oxygen atoms in total. The van der Waals surface area contributed by atoms with Crippen LogP contribution in [0.1, 0.15) is 11.1 Å². The fourth-order valence-corrected chi connectivity index (χ4v) is 2.41. The summed E-state index contributed by atoms with van der Waals surface area (Å²) in [5.74, 6) is 2.71. The molecule has 0 aliphatic heterocycles. The minimum atomic E-state index is 0.561. The molecule has 0 saturated heterocycles. The van der Waals surface area contributed by atoms with Crippen LogP contribution in [0.15, 0.2) is 55.0 Å². The number of aromatic nitrogens is 3. The number of hydrogen-bond acceptors (Lipinski definition) is 7. The van der Waals surface area contributed by atoms with E-state index in [1.807, 2.05) is 42.6 Å². The van der Waals surface area contributed by atoms with Crippen molar-refractivity contribution >= 4 is 11.8 Å². The van der Waals surface area contributed by atoms with Gasteiger partial charge in [-0.05, 0) is 35.4 Å². The molecule has 2 N–H and O–H groups in total. The normalized spacial score (nSPS) is 10.2. The number of ether oxygens (including phenoxy) is 2. The fraction of sp³-hybridized carbons (Fsp3) is 0.211. The lowest BCUT2D eigenvalue weighted by Gasteiger charge is -2.11. The van der Waals surface area contributed by atoms with Gasteiger partial charge in [-0.2, -0.15) is 4.98 Å². The second-order valence-electron chi connectivity index (χ2n) is 5.52. The molecule has 0 saturated carbocycles. The molecule has 7 heteroatoms. The lowest BCUT2D eigenvalue weighted by Crippen LogP contribution is -2.07. The van der Waals surface area contributed by atoms with E-state index in [4.69, 9.17) is 9.47 Å². The van der Waals surface area contributed by atoms with Crippen molar-refractivity contribution < 1.29 is 9.47 Å². The van der Waals surface area contributed by atoms with Crippen LogP contribution in [0.4, 0.5) is 11.8 Å². The fourth-order valence-electron chi connectivity index (χ4n) is 2.41. The van der Waals surface area contributed by atoms with Crippen LogP contribution < -0.4 is 20.1 Å². The second kappa shape index (κ2) is 8.66. The highest BCUT2D eigenvalue weighted by atomic mass is 16.5. The molecule has 1 aromatic carbocycles. The van der Waals surface area contributed by atoms with Crippen molar-refractivity contribution in [3.05, 3.63) is 66.1 Å². The van der Waals surface area contributed by atoms with Crippen molar-refractivity contribution in [3.63, 3.8) is 0 Å². The van der Waals surface area contributed by atoms with Crippen molar-refractivity contribution in [2.45, 2.75) is 13.1 Å². The van der Waals surface area contributed by atoms with Crippen LogP contribution in [0.2, 0.25) is 0 Å². The van der Waals surface area contributed by atoms with Crippen LogP contribution in [0.5, 0.6) is 11.5 Å². The van der Waals surface area contributed by atoms with E-state index in [0.717, 1.165) is 16.9 Å². The van der Waals surface area contributed by atoms with Crippen molar-refractivity contribution in [2.24, 2.45) is 0 Å². The number of benzene rings is 1. The highest BCUT2D eigenvalue weighted by Gasteiger charge is 2.05. The van der Waals surface area contributed by atoms with Gasteiger partial charge < -0.3 is 20.1 Å². The Bertz CT molecular complexity index is 842. The third-order valence-corrected chi connectivity index (χ3v) is 3.75. The van der Waals surface area contributed by atoms with Gasteiger partial charge in [0.25, 0.3) is 0 Å². The molecule has 3 aromatic rings. The lowest BCUT2D eigenvalue weighted by atomic mass is 10.2. The predicted octanol–water partition coefficient (Wildman–Crippen LogP) is 3.11. The van der Waals surface area contributed by atoms with E-state index >= 15 is 0 Å². The largest absolute Gasteiger partial charge is 0.493 e. The summed E-state index contributed by atoms with van der Waals surface area (Å²) in [6.45, 7) is 1.23. The van der Waals surface area contributed by atoms with Crippen molar-refractivity contribution in [3.8, 4) is 11.5 Å². The Kier molecular flexibility index (Phi) is 5.82. The van der Waals surface area contributed by atoms with E-state index < -0.39 is 0 Å². The Balaban J connectivity index is 1.60. The van der Waals surface area contributed by atoms with E-state index in [9.17, 15) is 0 Å². The number of hydrogen-bond donors (Lipinski definition) is 2. The third kappa shape index (κ3) is 4.60. The Morgan fingerprint density at radius 3 is 2.50 bits per heavy atom. The summed E-state index contributed by atoms with van der Waals surface area (Å²) in [4.78, 5) is 12.8.